The van der Waals surface area contributed by atoms with Gasteiger partial charge in [0.1, 0.15) is 0 Å². The second-order valence-electron chi connectivity index (χ2n) is 5.23. The van der Waals surface area contributed by atoms with Gasteiger partial charge in [0.25, 0.3) is 0 Å². The lowest BCUT2D eigenvalue weighted by Gasteiger charge is -2.29. The molecule has 14 heavy (non-hydrogen) atoms. The first kappa shape index (κ1) is 13.9. The Morgan fingerprint density at radius 2 is 1.57 bits per heavy atom. The maximum atomic E-state index is 9.74. The number of aliphatic hydroxyl groups is 1. The van der Waals surface area contributed by atoms with Crippen molar-refractivity contribution in [2.24, 2.45) is 11.8 Å². The summed E-state index contributed by atoms with van der Waals surface area (Å²) in [6, 6.07) is 0.559. The largest absolute Gasteiger partial charge is 0.392 e. The van der Waals surface area contributed by atoms with E-state index >= 15 is 0 Å². The van der Waals surface area contributed by atoms with Gasteiger partial charge in [-0.15, -0.1) is 0 Å². The predicted octanol–water partition coefficient (Wildman–Crippen LogP) is 2.37. The Bertz CT molecular complexity index is 145. The third kappa shape index (κ3) is 5.61. The first-order valence-corrected chi connectivity index (χ1v) is 5.72. The van der Waals surface area contributed by atoms with Crippen molar-refractivity contribution in [1.82, 2.24) is 4.90 Å². The van der Waals surface area contributed by atoms with Crippen LogP contribution >= 0.6 is 0 Å². The molecule has 0 aromatic carbocycles. The second-order valence-corrected chi connectivity index (χ2v) is 5.23. The molecule has 0 spiro atoms. The average Bonchev–Trinajstić information content (AvgIpc) is 2.02. The lowest BCUT2D eigenvalue weighted by Crippen LogP contribution is -2.38. The molecule has 0 rings (SSSR count). The van der Waals surface area contributed by atoms with Gasteiger partial charge in [-0.25, -0.2) is 0 Å². The monoisotopic (exact) mass is 201 g/mol. The highest BCUT2D eigenvalue weighted by atomic mass is 16.3. The maximum absolute atomic E-state index is 9.74. The lowest BCUT2D eigenvalue weighted by molar-refractivity contribution is 0.0691. The van der Waals surface area contributed by atoms with Gasteiger partial charge >= 0.3 is 0 Å². The third-order valence-electron chi connectivity index (χ3n) is 2.81. The van der Waals surface area contributed by atoms with Gasteiger partial charge in [-0.2, -0.15) is 0 Å². The van der Waals surface area contributed by atoms with Crippen LogP contribution in [0.15, 0.2) is 0 Å². The minimum absolute atomic E-state index is 0.199. The molecule has 0 bridgehead atoms. The summed E-state index contributed by atoms with van der Waals surface area (Å²) in [5.74, 6) is 1.08. The summed E-state index contributed by atoms with van der Waals surface area (Å²) >= 11 is 0. The van der Waals surface area contributed by atoms with Crippen LogP contribution in [-0.2, 0) is 0 Å². The van der Waals surface area contributed by atoms with Crippen molar-refractivity contribution in [2.45, 2.75) is 53.2 Å². The van der Waals surface area contributed by atoms with Crippen LogP contribution in [-0.4, -0.2) is 35.7 Å². The molecule has 0 heterocycles. The molecule has 0 aromatic rings. The van der Waals surface area contributed by atoms with E-state index in [1.807, 2.05) is 0 Å². The van der Waals surface area contributed by atoms with Gasteiger partial charge < -0.3 is 10.0 Å². The first-order valence-electron chi connectivity index (χ1n) is 5.72. The normalized spacial score (nSPS) is 16.7. The molecule has 0 saturated heterocycles. The fraction of sp³-hybridized carbons (Fsp3) is 1.00. The quantitative estimate of drug-likeness (QED) is 0.713. The van der Waals surface area contributed by atoms with E-state index in [0.29, 0.717) is 12.0 Å². The molecule has 0 aliphatic heterocycles. The molecule has 0 radical (unpaired) electrons. The van der Waals surface area contributed by atoms with E-state index in [1.165, 1.54) is 6.42 Å². The van der Waals surface area contributed by atoms with Crippen molar-refractivity contribution in [3.05, 3.63) is 0 Å². The van der Waals surface area contributed by atoms with Crippen molar-refractivity contribution in [3.8, 4) is 0 Å². The van der Waals surface area contributed by atoms with E-state index in [4.69, 9.17) is 0 Å². The fourth-order valence-corrected chi connectivity index (χ4v) is 1.55. The Balaban J connectivity index is 3.88. The van der Waals surface area contributed by atoms with Crippen LogP contribution in [0.3, 0.4) is 0 Å². The molecular formula is C12H27NO. The van der Waals surface area contributed by atoms with E-state index < -0.39 is 0 Å². The van der Waals surface area contributed by atoms with Gasteiger partial charge in [0, 0.05) is 12.6 Å². The summed E-state index contributed by atoms with van der Waals surface area (Å²) in [6.45, 7) is 11.6. The van der Waals surface area contributed by atoms with Gasteiger partial charge in [0.15, 0.2) is 0 Å². The number of nitrogens with zero attached hydrogens (tertiary/aromatic N) is 1. The summed E-state index contributed by atoms with van der Waals surface area (Å²) in [5, 5.41) is 9.74. The standard InChI is InChI=1S/C12H27NO/c1-9(2)7-11(5)13(6)8-12(14)10(3)4/h9-12,14H,7-8H2,1-6H3. The molecule has 0 aromatic heterocycles. The van der Waals surface area contributed by atoms with Crippen LogP contribution < -0.4 is 0 Å². The summed E-state index contributed by atoms with van der Waals surface area (Å²) in [5.41, 5.74) is 0. The molecule has 86 valence electrons. The van der Waals surface area contributed by atoms with E-state index in [1.54, 1.807) is 0 Å². The van der Waals surface area contributed by atoms with Crippen LogP contribution in [0.25, 0.3) is 0 Å². The van der Waals surface area contributed by atoms with E-state index in [-0.39, 0.29) is 6.10 Å². The molecule has 2 atom stereocenters. The van der Waals surface area contributed by atoms with Gasteiger partial charge in [-0.05, 0) is 32.2 Å². The zero-order valence-electron chi connectivity index (χ0n) is 10.6. The number of hydrogen-bond donors (Lipinski definition) is 1. The molecular weight excluding hydrogens is 174 g/mol. The Kier molecular flexibility index (Phi) is 6.38. The summed E-state index contributed by atoms with van der Waals surface area (Å²) < 4.78 is 0. The van der Waals surface area contributed by atoms with Crippen LogP contribution in [0.2, 0.25) is 0 Å². The first-order chi connectivity index (χ1) is 6.34. The Labute approximate surface area is 89.3 Å². The second kappa shape index (κ2) is 6.41. The highest BCUT2D eigenvalue weighted by molar-refractivity contribution is 4.70. The molecule has 0 fully saturated rings. The fourth-order valence-electron chi connectivity index (χ4n) is 1.55. The zero-order chi connectivity index (χ0) is 11.3. The SMILES string of the molecule is CC(C)CC(C)N(C)CC(O)C(C)C. The summed E-state index contributed by atoms with van der Waals surface area (Å²) in [7, 11) is 2.10. The predicted molar refractivity (Wildman–Crippen MR) is 62.4 cm³/mol. The van der Waals surface area contributed by atoms with Crippen LogP contribution in [0, 0.1) is 11.8 Å². The molecule has 0 aliphatic rings. The number of likely N-dealkylation sites (N-methyl/N-ethyl adjacent to an activating group) is 1. The van der Waals surface area contributed by atoms with Crippen LogP contribution in [0.5, 0.6) is 0 Å². The number of rotatable bonds is 6. The molecule has 1 N–H and O–H groups in total. The van der Waals surface area contributed by atoms with Gasteiger partial charge in [0.05, 0.1) is 6.10 Å². The molecule has 2 nitrogen and oxygen atoms in total. The van der Waals surface area contributed by atoms with Crippen LogP contribution in [0.4, 0.5) is 0 Å². The van der Waals surface area contributed by atoms with Crippen molar-refractivity contribution in [1.29, 1.82) is 0 Å². The minimum Gasteiger partial charge on any atom is -0.392 e. The summed E-state index contributed by atoms with van der Waals surface area (Å²) in [6.07, 6.45) is 0.996. The van der Waals surface area contributed by atoms with Gasteiger partial charge in [-0.1, -0.05) is 27.7 Å². The highest BCUT2D eigenvalue weighted by Crippen LogP contribution is 2.11. The maximum Gasteiger partial charge on any atom is 0.0689 e. The van der Waals surface area contributed by atoms with E-state index in [0.717, 1.165) is 12.5 Å². The molecule has 0 amide bonds. The molecule has 2 unspecified atom stereocenters. The van der Waals surface area contributed by atoms with E-state index in [2.05, 4.69) is 46.6 Å². The summed E-state index contributed by atoms with van der Waals surface area (Å²) in [4.78, 5) is 2.25. The molecule has 0 saturated carbocycles. The Morgan fingerprint density at radius 1 is 1.07 bits per heavy atom. The third-order valence-corrected chi connectivity index (χ3v) is 2.81. The Hall–Kier alpha value is -0.0800. The smallest absolute Gasteiger partial charge is 0.0689 e. The van der Waals surface area contributed by atoms with Gasteiger partial charge in [-0.3, -0.25) is 0 Å². The minimum atomic E-state index is -0.199. The molecule has 2 heteroatoms. The topological polar surface area (TPSA) is 23.5 Å². The lowest BCUT2D eigenvalue weighted by atomic mass is 10.0. The van der Waals surface area contributed by atoms with Crippen LogP contribution in [0.1, 0.15) is 41.0 Å². The van der Waals surface area contributed by atoms with E-state index in [9.17, 15) is 5.11 Å². The number of hydrogen-bond acceptors (Lipinski definition) is 2. The van der Waals surface area contributed by atoms with Crippen molar-refractivity contribution in [2.75, 3.05) is 13.6 Å². The highest BCUT2D eigenvalue weighted by Gasteiger charge is 2.16. The number of aliphatic hydroxyl groups excluding tert-OH is 1. The average molecular weight is 201 g/mol. The van der Waals surface area contributed by atoms with Crippen molar-refractivity contribution in [3.63, 3.8) is 0 Å². The zero-order valence-corrected chi connectivity index (χ0v) is 10.6. The Morgan fingerprint density at radius 3 is 1.93 bits per heavy atom. The van der Waals surface area contributed by atoms with Crippen molar-refractivity contribution >= 4 is 0 Å². The molecule has 0 aliphatic carbocycles. The van der Waals surface area contributed by atoms with Gasteiger partial charge in [0.2, 0.25) is 0 Å². The van der Waals surface area contributed by atoms with Crippen molar-refractivity contribution < 1.29 is 5.11 Å².